The number of nitrogens with one attached hydrogen (secondary N) is 1. The van der Waals surface area contributed by atoms with Gasteiger partial charge in [0.05, 0.1) is 11.5 Å². The predicted molar refractivity (Wildman–Crippen MR) is 76.0 cm³/mol. The Labute approximate surface area is 117 Å². The molecule has 0 bridgehead atoms. The fourth-order valence-electron chi connectivity index (χ4n) is 2.57. The molecule has 2 rings (SSSR count). The molecular weight excluding hydrogens is 260 g/mol. The first-order valence-corrected chi connectivity index (χ1v) is 6.82. The number of hydrogen-bond donors (Lipinski definition) is 2. The molecule has 110 valence electrons. The molecule has 1 unspecified atom stereocenters. The lowest BCUT2D eigenvalue weighted by molar-refractivity contribution is -0.385. The Bertz CT molecular complexity index is 475. The zero-order valence-corrected chi connectivity index (χ0v) is 11.6. The summed E-state index contributed by atoms with van der Waals surface area (Å²) in [5.41, 5.74) is 0.750. The van der Waals surface area contributed by atoms with E-state index in [4.69, 9.17) is 0 Å². The summed E-state index contributed by atoms with van der Waals surface area (Å²) in [5.74, 6) is 0.707. The number of nitrogens with zero attached hydrogens (tertiary/aromatic N) is 3. The Morgan fingerprint density at radius 2 is 2.45 bits per heavy atom. The molecule has 1 aliphatic rings. The first kappa shape index (κ1) is 14.7. The summed E-state index contributed by atoms with van der Waals surface area (Å²) in [6, 6.07) is 1.91. The molecule has 7 heteroatoms. The average molecular weight is 280 g/mol. The van der Waals surface area contributed by atoms with Gasteiger partial charge in [-0.15, -0.1) is 0 Å². The van der Waals surface area contributed by atoms with Crippen LogP contribution in [0.25, 0.3) is 0 Å². The van der Waals surface area contributed by atoms with Crippen molar-refractivity contribution in [2.45, 2.75) is 25.8 Å². The lowest BCUT2D eigenvalue weighted by Gasteiger charge is -2.27. The van der Waals surface area contributed by atoms with E-state index in [1.54, 1.807) is 0 Å². The van der Waals surface area contributed by atoms with Crippen molar-refractivity contribution >= 4 is 11.5 Å². The number of hydrogen-bond acceptors (Lipinski definition) is 6. The quantitative estimate of drug-likeness (QED) is 0.593. The Morgan fingerprint density at radius 1 is 1.65 bits per heavy atom. The van der Waals surface area contributed by atoms with Crippen LogP contribution in [-0.2, 0) is 0 Å². The van der Waals surface area contributed by atoms with Crippen molar-refractivity contribution in [2.24, 2.45) is 0 Å². The normalized spacial score (nSPS) is 18.2. The van der Waals surface area contributed by atoms with E-state index >= 15 is 0 Å². The average Bonchev–Trinajstić information content (AvgIpc) is 2.91. The van der Waals surface area contributed by atoms with Gasteiger partial charge in [0.1, 0.15) is 12.0 Å². The molecule has 0 radical (unpaired) electrons. The lowest BCUT2D eigenvalue weighted by atomic mass is 10.2. The highest BCUT2D eigenvalue weighted by atomic mass is 16.6. The number of anilines is 1. The molecule has 1 atom stereocenters. The van der Waals surface area contributed by atoms with Crippen LogP contribution in [0.15, 0.2) is 12.3 Å². The Balaban J connectivity index is 2.17. The fraction of sp³-hybridized carbons (Fsp3) is 0.615. The van der Waals surface area contributed by atoms with Crippen molar-refractivity contribution in [1.82, 2.24) is 10.3 Å². The van der Waals surface area contributed by atoms with E-state index in [-0.39, 0.29) is 12.3 Å². The van der Waals surface area contributed by atoms with Gasteiger partial charge in [-0.05, 0) is 31.9 Å². The van der Waals surface area contributed by atoms with E-state index < -0.39 is 4.92 Å². The maximum absolute atomic E-state index is 10.7. The molecule has 0 amide bonds. The van der Waals surface area contributed by atoms with Crippen molar-refractivity contribution in [1.29, 1.82) is 0 Å². The fourth-order valence-corrected chi connectivity index (χ4v) is 2.57. The maximum Gasteiger partial charge on any atom is 0.287 e. The molecule has 7 nitrogen and oxygen atoms in total. The van der Waals surface area contributed by atoms with Gasteiger partial charge in [-0.3, -0.25) is 10.1 Å². The summed E-state index contributed by atoms with van der Waals surface area (Å²) in [4.78, 5) is 16.5. The largest absolute Gasteiger partial charge is 0.395 e. The maximum atomic E-state index is 10.7. The van der Waals surface area contributed by atoms with Gasteiger partial charge >= 0.3 is 0 Å². The van der Waals surface area contributed by atoms with Gasteiger partial charge in [-0.1, -0.05) is 0 Å². The number of rotatable bonds is 6. The van der Waals surface area contributed by atoms with Crippen LogP contribution in [0, 0.1) is 17.0 Å². The molecule has 1 aromatic rings. The molecule has 2 heterocycles. The molecule has 0 aliphatic carbocycles. The predicted octanol–water partition coefficient (Wildman–Crippen LogP) is 0.849. The Kier molecular flexibility index (Phi) is 4.86. The Hall–Kier alpha value is -1.73. The van der Waals surface area contributed by atoms with Gasteiger partial charge in [0, 0.05) is 25.2 Å². The molecule has 1 saturated heterocycles. The molecular formula is C13H20N4O3. The summed E-state index contributed by atoms with van der Waals surface area (Å²) in [6.07, 6.45) is 3.53. The molecule has 2 N–H and O–H groups in total. The number of nitro groups is 1. The summed E-state index contributed by atoms with van der Waals surface area (Å²) in [7, 11) is 0. The molecule has 0 aromatic carbocycles. The standard InChI is InChI=1S/C13H20N4O3/c1-10-7-12(17(19)20)8-15-13(10)16(5-6-18)9-11-3-2-4-14-11/h7-8,11,14,18H,2-6,9H2,1H3. The molecule has 1 fully saturated rings. The molecule has 0 spiro atoms. The van der Waals surface area contributed by atoms with E-state index in [9.17, 15) is 15.2 Å². The van der Waals surface area contributed by atoms with E-state index in [2.05, 4.69) is 10.3 Å². The van der Waals surface area contributed by atoms with Gasteiger partial charge in [0.2, 0.25) is 0 Å². The highest BCUT2D eigenvalue weighted by Crippen LogP contribution is 2.22. The topological polar surface area (TPSA) is 91.5 Å². The van der Waals surface area contributed by atoms with E-state index in [0.29, 0.717) is 18.4 Å². The van der Waals surface area contributed by atoms with Crippen molar-refractivity contribution in [2.75, 3.05) is 31.1 Å². The van der Waals surface area contributed by atoms with Gasteiger partial charge < -0.3 is 15.3 Å². The first-order chi connectivity index (χ1) is 9.61. The minimum absolute atomic E-state index is 0.00538. The third-order valence-corrected chi connectivity index (χ3v) is 3.52. The first-order valence-electron chi connectivity index (χ1n) is 6.82. The van der Waals surface area contributed by atoms with Crippen LogP contribution in [-0.4, -0.2) is 47.3 Å². The van der Waals surface area contributed by atoms with Crippen LogP contribution in [0.2, 0.25) is 0 Å². The second-order valence-corrected chi connectivity index (χ2v) is 5.05. The van der Waals surface area contributed by atoms with Gasteiger partial charge in [-0.2, -0.15) is 0 Å². The van der Waals surface area contributed by atoms with Crippen molar-refractivity contribution in [3.63, 3.8) is 0 Å². The van der Waals surface area contributed by atoms with Crippen LogP contribution >= 0.6 is 0 Å². The third-order valence-electron chi connectivity index (χ3n) is 3.52. The molecule has 0 saturated carbocycles. The van der Waals surface area contributed by atoms with Crippen LogP contribution in [0.3, 0.4) is 0 Å². The van der Waals surface area contributed by atoms with Crippen LogP contribution < -0.4 is 10.2 Å². The molecule has 1 aromatic heterocycles. The van der Waals surface area contributed by atoms with Gasteiger partial charge in [0.15, 0.2) is 0 Å². The minimum Gasteiger partial charge on any atom is -0.395 e. The number of aliphatic hydroxyl groups is 1. The zero-order valence-electron chi connectivity index (χ0n) is 11.6. The summed E-state index contributed by atoms with van der Waals surface area (Å²) < 4.78 is 0. The van der Waals surface area contributed by atoms with Crippen LogP contribution in [0.4, 0.5) is 11.5 Å². The van der Waals surface area contributed by atoms with Crippen molar-refractivity contribution < 1.29 is 10.0 Å². The second kappa shape index (κ2) is 6.62. The highest BCUT2D eigenvalue weighted by molar-refractivity contribution is 5.50. The van der Waals surface area contributed by atoms with Gasteiger partial charge in [0.25, 0.3) is 5.69 Å². The SMILES string of the molecule is Cc1cc([N+](=O)[O-])cnc1N(CCO)CC1CCCN1. The Morgan fingerprint density at radius 3 is 3.00 bits per heavy atom. The summed E-state index contributed by atoms with van der Waals surface area (Å²) >= 11 is 0. The second-order valence-electron chi connectivity index (χ2n) is 5.05. The van der Waals surface area contributed by atoms with E-state index in [1.165, 1.54) is 12.3 Å². The number of aryl methyl sites for hydroxylation is 1. The smallest absolute Gasteiger partial charge is 0.287 e. The minimum atomic E-state index is -0.446. The van der Waals surface area contributed by atoms with Crippen molar-refractivity contribution in [3.05, 3.63) is 27.9 Å². The number of aromatic nitrogens is 1. The highest BCUT2D eigenvalue weighted by Gasteiger charge is 2.20. The van der Waals surface area contributed by atoms with Crippen LogP contribution in [0.5, 0.6) is 0 Å². The van der Waals surface area contributed by atoms with E-state index in [0.717, 1.165) is 31.5 Å². The number of pyridine rings is 1. The number of aliphatic hydroxyl groups excluding tert-OH is 1. The monoisotopic (exact) mass is 280 g/mol. The lowest BCUT2D eigenvalue weighted by Crippen LogP contribution is -2.39. The zero-order chi connectivity index (χ0) is 14.5. The summed E-state index contributed by atoms with van der Waals surface area (Å²) in [5, 5.41) is 23.4. The van der Waals surface area contributed by atoms with Crippen LogP contribution in [0.1, 0.15) is 18.4 Å². The third kappa shape index (κ3) is 3.43. The summed E-state index contributed by atoms with van der Waals surface area (Å²) in [6.45, 7) is 4.09. The van der Waals surface area contributed by atoms with Crippen molar-refractivity contribution in [3.8, 4) is 0 Å². The van der Waals surface area contributed by atoms with E-state index in [1.807, 2.05) is 11.8 Å². The molecule has 1 aliphatic heterocycles. The molecule has 20 heavy (non-hydrogen) atoms. The van der Waals surface area contributed by atoms with Gasteiger partial charge in [-0.25, -0.2) is 4.98 Å².